The van der Waals surface area contributed by atoms with Crippen molar-refractivity contribution in [2.45, 2.75) is 40.2 Å². The first-order valence-corrected chi connectivity index (χ1v) is 6.15. The summed E-state index contributed by atoms with van der Waals surface area (Å²) in [7, 11) is 0. The minimum Gasteiger partial charge on any atom is -0.507 e. The number of aromatic hydroxyl groups is 1. The molecule has 0 spiro atoms. The minimum atomic E-state index is -0.390. The van der Waals surface area contributed by atoms with Crippen molar-refractivity contribution in [1.82, 2.24) is 0 Å². The standard InChI is InChI=1S/C15H20O3/c1-5-12-7-11(8-13(6-2)14(12)16)9-18-15(17)10(3)4/h7-8,16H,3,5-6,9H2,1-2,4H3. The first kappa shape index (κ1) is 14.3. The van der Waals surface area contributed by atoms with E-state index in [2.05, 4.69) is 6.58 Å². The zero-order valence-electron chi connectivity index (χ0n) is 11.2. The first-order chi connectivity index (χ1) is 8.49. The van der Waals surface area contributed by atoms with Crippen LogP contribution in [0.5, 0.6) is 5.75 Å². The summed E-state index contributed by atoms with van der Waals surface area (Å²) in [5, 5.41) is 9.96. The van der Waals surface area contributed by atoms with Crippen LogP contribution in [-0.4, -0.2) is 11.1 Å². The lowest BCUT2D eigenvalue weighted by atomic mass is 10.0. The molecule has 0 saturated carbocycles. The van der Waals surface area contributed by atoms with Gasteiger partial charge in [0.05, 0.1) is 0 Å². The molecule has 0 aliphatic heterocycles. The number of ether oxygens (including phenoxy) is 1. The highest BCUT2D eigenvalue weighted by Gasteiger charge is 2.09. The Balaban J connectivity index is 2.90. The van der Waals surface area contributed by atoms with Crippen LogP contribution in [0.15, 0.2) is 24.3 Å². The maximum absolute atomic E-state index is 11.3. The van der Waals surface area contributed by atoms with Gasteiger partial charge in [-0.3, -0.25) is 0 Å². The summed E-state index contributed by atoms with van der Waals surface area (Å²) in [5.74, 6) is -0.0332. The van der Waals surface area contributed by atoms with Crippen molar-refractivity contribution in [3.05, 3.63) is 41.0 Å². The number of hydrogen-bond acceptors (Lipinski definition) is 3. The molecule has 0 fully saturated rings. The van der Waals surface area contributed by atoms with E-state index >= 15 is 0 Å². The van der Waals surface area contributed by atoms with E-state index in [0.29, 0.717) is 11.3 Å². The van der Waals surface area contributed by atoms with Crippen LogP contribution in [0.1, 0.15) is 37.5 Å². The molecule has 98 valence electrons. The van der Waals surface area contributed by atoms with Crippen LogP contribution in [0, 0.1) is 0 Å². The Morgan fingerprint density at radius 2 is 1.78 bits per heavy atom. The molecule has 3 heteroatoms. The van der Waals surface area contributed by atoms with Gasteiger partial charge in [-0.15, -0.1) is 0 Å². The summed E-state index contributed by atoms with van der Waals surface area (Å²) in [5.41, 5.74) is 3.06. The van der Waals surface area contributed by atoms with Crippen LogP contribution in [0.2, 0.25) is 0 Å². The van der Waals surface area contributed by atoms with E-state index in [-0.39, 0.29) is 12.6 Å². The second-order valence-corrected chi connectivity index (χ2v) is 4.33. The fourth-order valence-corrected chi connectivity index (χ4v) is 1.73. The van der Waals surface area contributed by atoms with Crippen molar-refractivity contribution in [3.63, 3.8) is 0 Å². The van der Waals surface area contributed by atoms with Crippen LogP contribution in [0.25, 0.3) is 0 Å². The van der Waals surface area contributed by atoms with Crippen LogP contribution >= 0.6 is 0 Å². The number of phenols is 1. The van der Waals surface area contributed by atoms with E-state index in [1.165, 1.54) is 0 Å². The summed E-state index contributed by atoms with van der Waals surface area (Å²) in [6, 6.07) is 3.75. The molecule has 0 aromatic heterocycles. The SMILES string of the molecule is C=C(C)C(=O)OCc1cc(CC)c(O)c(CC)c1. The van der Waals surface area contributed by atoms with E-state index in [0.717, 1.165) is 29.5 Å². The smallest absolute Gasteiger partial charge is 0.333 e. The molecule has 0 aliphatic carbocycles. The molecule has 0 bridgehead atoms. The molecule has 1 N–H and O–H groups in total. The largest absolute Gasteiger partial charge is 0.507 e. The Bertz CT molecular complexity index is 436. The highest BCUT2D eigenvalue weighted by Crippen LogP contribution is 2.26. The number of rotatable bonds is 5. The van der Waals surface area contributed by atoms with Gasteiger partial charge in [-0.05, 0) is 48.6 Å². The van der Waals surface area contributed by atoms with E-state index in [1.54, 1.807) is 6.92 Å². The molecule has 1 aromatic rings. The molecule has 0 atom stereocenters. The van der Waals surface area contributed by atoms with Gasteiger partial charge in [-0.1, -0.05) is 20.4 Å². The van der Waals surface area contributed by atoms with Gasteiger partial charge in [0.15, 0.2) is 0 Å². The van der Waals surface area contributed by atoms with Crippen molar-refractivity contribution in [1.29, 1.82) is 0 Å². The van der Waals surface area contributed by atoms with Crippen molar-refractivity contribution in [3.8, 4) is 5.75 Å². The molecule has 1 aromatic carbocycles. The predicted molar refractivity (Wildman–Crippen MR) is 71.5 cm³/mol. The molecule has 0 heterocycles. The molecule has 0 amide bonds. The fraction of sp³-hybridized carbons (Fsp3) is 0.400. The molecule has 0 saturated heterocycles. The second kappa shape index (κ2) is 6.24. The van der Waals surface area contributed by atoms with Crippen LogP contribution in [0.3, 0.4) is 0 Å². The highest BCUT2D eigenvalue weighted by atomic mass is 16.5. The summed E-state index contributed by atoms with van der Waals surface area (Å²) in [4.78, 5) is 11.3. The quantitative estimate of drug-likeness (QED) is 0.643. The molecule has 18 heavy (non-hydrogen) atoms. The van der Waals surface area contributed by atoms with Crippen molar-refractivity contribution >= 4 is 5.97 Å². The van der Waals surface area contributed by atoms with E-state index in [1.807, 2.05) is 26.0 Å². The average Bonchev–Trinajstić information content (AvgIpc) is 2.36. The zero-order chi connectivity index (χ0) is 13.7. The van der Waals surface area contributed by atoms with Crippen LogP contribution in [0.4, 0.5) is 0 Å². The fourth-order valence-electron chi connectivity index (χ4n) is 1.73. The zero-order valence-corrected chi connectivity index (χ0v) is 11.2. The van der Waals surface area contributed by atoms with Crippen molar-refractivity contribution in [2.75, 3.05) is 0 Å². The normalized spacial score (nSPS) is 10.2. The van der Waals surface area contributed by atoms with Gasteiger partial charge in [0.25, 0.3) is 0 Å². The third-order valence-electron chi connectivity index (χ3n) is 2.81. The molecule has 1 rings (SSSR count). The van der Waals surface area contributed by atoms with E-state index in [4.69, 9.17) is 4.74 Å². The Kier molecular flexibility index (Phi) is 4.95. The lowest BCUT2D eigenvalue weighted by molar-refractivity contribution is -0.140. The maximum Gasteiger partial charge on any atom is 0.333 e. The van der Waals surface area contributed by atoms with E-state index in [9.17, 15) is 9.90 Å². The number of carbonyl (C=O) groups excluding carboxylic acids is 1. The lowest BCUT2D eigenvalue weighted by Crippen LogP contribution is -2.05. The molecular formula is C15H20O3. The molecule has 3 nitrogen and oxygen atoms in total. The van der Waals surface area contributed by atoms with Gasteiger partial charge in [0, 0.05) is 5.57 Å². The summed E-state index contributed by atoms with van der Waals surface area (Å²) in [6.07, 6.45) is 1.50. The first-order valence-electron chi connectivity index (χ1n) is 6.15. The van der Waals surface area contributed by atoms with Gasteiger partial charge < -0.3 is 9.84 Å². The number of esters is 1. The minimum absolute atomic E-state index is 0.214. The van der Waals surface area contributed by atoms with Gasteiger partial charge >= 0.3 is 5.97 Å². The van der Waals surface area contributed by atoms with Gasteiger partial charge in [-0.25, -0.2) is 4.79 Å². The summed E-state index contributed by atoms with van der Waals surface area (Å²) < 4.78 is 5.11. The Hall–Kier alpha value is -1.77. The molecular weight excluding hydrogens is 228 g/mol. The van der Waals surface area contributed by atoms with Crippen LogP contribution in [-0.2, 0) is 29.0 Å². The van der Waals surface area contributed by atoms with Crippen LogP contribution < -0.4 is 0 Å². The van der Waals surface area contributed by atoms with Gasteiger partial charge in [0.2, 0.25) is 0 Å². The monoisotopic (exact) mass is 248 g/mol. The van der Waals surface area contributed by atoms with E-state index < -0.39 is 0 Å². The molecule has 0 aliphatic rings. The van der Waals surface area contributed by atoms with Crippen molar-refractivity contribution in [2.24, 2.45) is 0 Å². The highest BCUT2D eigenvalue weighted by molar-refractivity contribution is 5.86. The summed E-state index contributed by atoms with van der Waals surface area (Å²) >= 11 is 0. The topological polar surface area (TPSA) is 46.5 Å². The third kappa shape index (κ3) is 3.36. The Morgan fingerprint density at radius 3 is 2.17 bits per heavy atom. The molecule has 0 radical (unpaired) electrons. The van der Waals surface area contributed by atoms with Gasteiger partial charge in [0.1, 0.15) is 12.4 Å². The lowest BCUT2D eigenvalue weighted by Gasteiger charge is -2.11. The second-order valence-electron chi connectivity index (χ2n) is 4.33. The number of carbonyl (C=O) groups is 1. The summed E-state index contributed by atoms with van der Waals surface area (Å²) in [6.45, 7) is 9.34. The number of benzene rings is 1. The van der Waals surface area contributed by atoms with Gasteiger partial charge in [-0.2, -0.15) is 0 Å². The maximum atomic E-state index is 11.3. The third-order valence-corrected chi connectivity index (χ3v) is 2.81. The number of aryl methyl sites for hydroxylation is 2. The molecule has 0 unspecified atom stereocenters. The Morgan fingerprint density at radius 1 is 1.28 bits per heavy atom. The Labute approximate surface area is 108 Å². The average molecular weight is 248 g/mol. The van der Waals surface area contributed by atoms with Crippen molar-refractivity contribution < 1.29 is 14.6 Å². The predicted octanol–water partition coefficient (Wildman–Crippen LogP) is 3.14. The number of hydrogen-bond donors (Lipinski definition) is 1. The number of phenolic OH excluding ortho intramolecular Hbond substituents is 1.